The number of benzene rings is 1. The van der Waals surface area contributed by atoms with Crippen molar-refractivity contribution in [1.29, 1.82) is 0 Å². The van der Waals surface area contributed by atoms with E-state index >= 15 is 0 Å². The first-order valence-electron chi connectivity index (χ1n) is 7.57. The molecule has 0 saturated heterocycles. The summed E-state index contributed by atoms with van der Waals surface area (Å²) in [7, 11) is 0. The summed E-state index contributed by atoms with van der Waals surface area (Å²) in [4.78, 5) is 11.9. The van der Waals surface area contributed by atoms with Gasteiger partial charge in [0.05, 0.1) is 6.61 Å². The zero-order valence-corrected chi connectivity index (χ0v) is 13.1. The lowest BCUT2D eigenvalue weighted by molar-refractivity contribution is 0.0721. The zero-order valence-electron chi connectivity index (χ0n) is 13.1. The summed E-state index contributed by atoms with van der Waals surface area (Å²) in [6.07, 6.45) is 1.32. The van der Waals surface area contributed by atoms with Gasteiger partial charge in [-0.1, -0.05) is 17.3 Å². The summed E-state index contributed by atoms with van der Waals surface area (Å²) in [6, 6.07) is 8.79. The molecular formula is C16H16N4O5. The Bertz CT molecular complexity index is 813. The van der Waals surface area contributed by atoms with E-state index in [9.17, 15) is 9.90 Å². The molecule has 0 saturated carbocycles. The number of hydrogen-bond acceptors (Lipinski definition) is 8. The van der Waals surface area contributed by atoms with Crippen LogP contribution in [-0.4, -0.2) is 38.1 Å². The van der Waals surface area contributed by atoms with Crippen LogP contribution in [0.1, 0.15) is 33.9 Å². The fraction of sp³-hybridized carbons (Fsp3) is 0.250. The second kappa shape index (κ2) is 7.69. The number of carbonyl (C=O) groups is 1. The van der Waals surface area contributed by atoms with Crippen LogP contribution in [0, 0.1) is 0 Å². The Morgan fingerprint density at radius 3 is 2.64 bits per heavy atom. The Balaban J connectivity index is 1.54. The lowest BCUT2D eigenvalue weighted by atomic mass is 10.1. The van der Waals surface area contributed by atoms with E-state index < -0.39 is 12.7 Å². The molecule has 1 aromatic carbocycles. The highest BCUT2D eigenvalue weighted by atomic mass is 16.5. The molecule has 0 fully saturated rings. The van der Waals surface area contributed by atoms with Gasteiger partial charge in [0, 0.05) is 18.2 Å². The summed E-state index contributed by atoms with van der Waals surface area (Å²) >= 11 is 0. The van der Waals surface area contributed by atoms with Crippen LogP contribution in [0.15, 0.2) is 45.5 Å². The minimum Gasteiger partial charge on any atom is -0.422 e. The zero-order chi connectivity index (χ0) is 17.6. The van der Waals surface area contributed by atoms with Gasteiger partial charge < -0.3 is 24.5 Å². The maximum atomic E-state index is 11.9. The maximum Gasteiger partial charge on any atom is 0.277 e. The lowest BCUT2D eigenvalue weighted by Crippen LogP contribution is -2.12. The van der Waals surface area contributed by atoms with Crippen LogP contribution in [0.4, 0.5) is 5.69 Å². The first-order valence-corrected chi connectivity index (χ1v) is 7.57. The number of aryl methyl sites for hydroxylation is 2. The number of aliphatic hydroxyl groups is 2. The van der Waals surface area contributed by atoms with E-state index in [1.54, 1.807) is 12.1 Å². The van der Waals surface area contributed by atoms with Crippen LogP contribution in [-0.2, 0) is 12.8 Å². The predicted molar refractivity (Wildman–Crippen MR) is 84.6 cm³/mol. The smallest absolute Gasteiger partial charge is 0.277 e. The normalized spacial score (nSPS) is 12.1. The van der Waals surface area contributed by atoms with E-state index in [4.69, 9.17) is 9.52 Å². The Morgan fingerprint density at radius 1 is 1.16 bits per heavy atom. The third-order valence-electron chi connectivity index (χ3n) is 3.45. The fourth-order valence-corrected chi connectivity index (χ4v) is 2.11. The van der Waals surface area contributed by atoms with Gasteiger partial charge in [0.2, 0.25) is 11.8 Å². The summed E-state index contributed by atoms with van der Waals surface area (Å²) in [5.41, 5.74) is 1.87. The number of hydrogen-bond donors (Lipinski definition) is 3. The standard InChI is InChI=1S/C16H16N4O5/c21-9-13(22)16-19-18-14(25-16)6-3-10-1-4-11(5-2-10)17-15(23)12-7-8-24-20-12/h1-2,4-5,7-8,13,21-22H,3,6,9H2,(H,17,23)/t13-/m0/s1. The fourth-order valence-electron chi connectivity index (χ4n) is 2.11. The van der Waals surface area contributed by atoms with Crippen molar-refractivity contribution >= 4 is 11.6 Å². The van der Waals surface area contributed by atoms with E-state index in [0.717, 1.165) is 5.56 Å². The van der Waals surface area contributed by atoms with Crippen LogP contribution in [0.3, 0.4) is 0 Å². The first-order chi connectivity index (χ1) is 12.2. The first kappa shape index (κ1) is 16.8. The molecule has 3 N–H and O–H groups in total. The second-order valence-electron chi connectivity index (χ2n) is 5.27. The van der Waals surface area contributed by atoms with Gasteiger partial charge in [-0.15, -0.1) is 10.2 Å². The third-order valence-corrected chi connectivity index (χ3v) is 3.45. The summed E-state index contributed by atoms with van der Waals surface area (Å²) in [6.45, 7) is -0.469. The topological polar surface area (TPSA) is 135 Å². The molecule has 9 heteroatoms. The van der Waals surface area contributed by atoms with Crippen molar-refractivity contribution < 1.29 is 23.9 Å². The Kier molecular flexibility index (Phi) is 5.17. The van der Waals surface area contributed by atoms with Crippen molar-refractivity contribution in [3.8, 4) is 0 Å². The van der Waals surface area contributed by atoms with Crippen molar-refractivity contribution in [1.82, 2.24) is 15.4 Å². The van der Waals surface area contributed by atoms with E-state index in [-0.39, 0.29) is 17.5 Å². The molecule has 2 aromatic heterocycles. The van der Waals surface area contributed by atoms with Gasteiger partial charge in [0.1, 0.15) is 6.26 Å². The van der Waals surface area contributed by atoms with Gasteiger partial charge in [-0.05, 0) is 24.1 Å². The van der Waals surface area contributed by atoms with Crippen molar-refractivity contribution in [2.75, 3.05) is 11.9 Å². The summed E-state index contributed by atoms with van der Waals surface area (Å²) in [5.74, 6) is 0.0386. The molecule has 130 valence electrons. The molecule has 0 unspecified atom stereocenters. The molecule has 1 atom stereocenters. The van der Waals surface area contributed by atoms with E-state index in [2.05, 4.69) is 25.2 Å². The van der Waals surface area contributed by atoms with E-state index in [0.29, 0.717) is 24.4 Å². The summed E-state index contributed by atoms with van der Waals surface area (Å²) in [5, 5.41) is 32.0. The SMILES string of the molecule is O=C(Nc1ccc(CCc2nnc([C@@H](O)CO)o2)cc1)c1ccon1. The van der Waals surface area contributed by atoms with Crippen LogP contribution in [0.25, 0.3) is 0 Å². The monoisotopic (exact) mass is 344 g/mol. The highest BCUT2D eigenvalue weighted by molar-refractivity contribution is 6.02. The minimum atomic E-state index is -1.16. The van der Waals surface area contributed by atoms with Crippen molar-refractivity contribution in [2.24, 2.45) is 0 Å². The number of aliphatic hydroxyl groups excluding tert-OH is 2. The molecule has 0 bridgehead atoms. The average molecular weight is 344 g/mol. The van der Waals surface area contributed by atoms with Crippen molar-refractivity contribution in [2.45, 2.75) is 18.9 Å². The maximum absolute atomic E-state index is 11.9. The van der Waals surface area contributed by atoms with Crippen molar-refractivity contribution in [3.63, 3.8) is 0 Å². The third kappa shape index (κ3) is 4.28. The highest BCUT2D eigenvalue weighted by Gasteiger charge is 2.14. The minimum absolute atomic E-state index is 0.00316. The highest BCUT2D eigenvalue weighted by Crippen LogP contribution is 2.15. The number of rotatable bonds is 7. The average Bonchev–Trinajstić information content (AvgIpc) is 3.32. The van der Waals surface area contributed by atoms with Gasteiger partial charge in [-0.25, -0.2) is 0 Å². The number of carbonyl (C=O) groups excluding carboxylic acids is 1. The molecule has 2 heterocycles. The van der Waals surface area contributed by atoms with Gasteiger partial charge >= 0.3 is 0 Å². The molecule has 3 aromatic rings. The second-order valence-corrected chi connectivity index (χ2v) is 5.27. The van der Waals surface area contributed by atoms with Crippen LogP contribution in [0.5, 0.6) is 0 Å². The van der Waals surface area contributed by atoms with Crippen LogP contribution < -0.4 is 5.32 Å². The van der Waals surface area contributed by atoms with Crippen LogP contribution in [0.2, 0.25) is 0 Å². The summed E-state index contributed by atoms with van der Waals surface area (Å²) < 4.78 is 9.90. The Hall–Kier alpha value is -3.04. The number of nitrogens with one attached hydrogen (secondary N) is 1. The van der Waals surface area contributed by atoms with Gasteiger partial charge in [-0.2, -0.15) is 0 Å². The number of amides is 1. The van der Waals surface area contributed by atoms with Crippen LogP contribution >= 0.6 is 0 Å². The molecule has 1 amide bonds. The Labute approximate surface area is 142 Å². The van der Waals surface area contributed by atoms with E-state index in [1.165, 1.54) is 12.3 Å². The molecule has 3 rings (SSSR count). The van der Waals surface area contributed by atoms with Gasteiger partial charge in [-0.3, -0.25) is 4.79 Å². The molecule has 0 aliphatic rings. The Morgan fingerprint density at radius 2 is 1.96 bits per heavy atom. The predicted octanol–water partition coefficient (Wildman–Crippen LogP) is 1.12. The van der Waals surface area contributed by atoms with E-state index in [1.807, 2.05) is 12.1 Å². The van der Waals surface area contributed by atoms with Crippen molar-refractivity contribution in [3.05, 3.63) is 59.6 Å². The largest absolute Gasteiger partial charge is 0.422 e. The molecular weight excluding hydrogens is 328 g/mol. The lowest BCUT2D eigenvalue weighted by Gasteiger charge is -2.04. The number of nitrogens with zero attached hydrogens (tertiary/aromatic N) is 3. The molecule has 9 nitrogen and oxygen atoms in total. The molecule has 25 heavy (non-hydrogen) atoms. The quantitative estimate of drug-likeness (QED) is 0.580. The number of anilines is 1. The number of aromatic nitrogens is 3. The molecule has 0 radical (unpaired) electrons. The van der Waals surface area contributed by atoms with Gasteiger partial charge in [0.25, 0.3) is 5.91 Å². The van der Waals surface area contributed by atoms with Gasteiger partial charge in [0.15, 0.2) is 11.8 Å². The molecule has 0 spiro atoms. The molecule has 0 aliphatic carbocycles. The molecule has 0 aliphatic heterocycles.